The van der Waals surface area contributed by atoms with Crippen LogP contribution in [0.1, 0.15) is 37.9 Å². The summed E-state index contributed by atoms with van der Waals surface area (Å²) in [7, 11) is 0. The lowest BCUT2D eigenvalue weighted by Gasteiger charge is -2.39. The Kier molecular flexibility index (Phi) is 5.00. The van der Waals surface area contributed by atoms with Crippen molar-refractivity contribution in [2.45, 2.75) is 32.8 Å². The summed E-state index contributed by atoms with van der Waals surface area (Å²) in [5, 5.41) is 9.29. The Morgan fingerprint density at radius 2 is 2.04 bits per heavy atom. The summed E-state index contributed by atoms with van der Waals surface area (Å²) in [5.74, 6) is 1.57. The number of aromatic nitrogens is 1. The van der Waals surface area contributed by atoms with Crippen LogP contribution in [0.4, 0.5) is 0 Å². The molecule has 142 valence electrons. The molecule has 2 aliphatic rings. The van der Waals surface area contributed by atoms with Gasteiger partial charge in [-0.3, -0.25) is 9.78 Å². The molecule has 4 rings (SSSR count). The van der Waals surface area contributed by atoms with Crippen molar-refractivity contribution < 1.29 is 9.53 Å². The van der Waals surface area contributed by atoms with Gasteiger partial charge in [0.05, 0.1) is 23.7 Å². The Hall–Kier alpha value is -2.93. The largest absolute Gasteiger partial charge is 0.462 e. The van der Waals surface area contributed by atoms with Crippen LogP contribution in [0.2, 0.25) is 0 Å². The third-order valence-electron chi connectivity index (χ3n) is 6.40. The molecule has 0 N–H and O–H groups in total. The second-order valence-electron chi connectivity index (χ2n) is 8.03. The number of hydrogen-bond donors (Lipinski definition) is 0. The van der Waals surface area contributed by atoms with Gasteiger partial charge in [-0.25, -0.2) is 0 Å². The van der Waals surface area contributed by atoms with Gasteiger partial charge in [0.2, 0.25) is 0 Å². The molecule has 1 saturated carbocycles. The highest BCUT2D eigenvalue weighted by atomic mass is 16.5. The zero-order valence-corrected chi connectivity index (χ0v) is 16.2. The van der Waals surface area contributed by atoms with Gasteiger partial charge in [0.25, 0.3) is 0 Å². The molecule has 1 aliphatic carbocycles. The molecule has 28 heavy (non-hydrogen) atoms. The van der Waals surface area contributed by atoms with E-state index in [4.69, 9.17) is 4.74 Å². The van der Waals surface area contributed by atoms with Gasteiger partial charge in [-0.15, -0.1) is 0 Å². The van der Waals surface area contributed by atoms with Gasteiger partial charge in [0, 0.05) is 23.2 Å². The van der Waals surface area contributed by atoms with E-state index in [9.17, 15) is 10.1 Å². The van der Waals surface area contributed by atoms with Crippen molar-refractivity contribution in [3.63, 3.8) is 0 Å². The summed E-state index contributed by atoms with van der Waals surface area (Å²) in [4.78, 5) is 16.4. The van der Waals surface area contributed by atoms with Crippen LogP contribution in [0.5, 0.6) is 0 Å². The molecule has 1 aliphatic heterocycles. The average Bonchev–Trinajstić information content (AvgIpc) is 3.08. The number of pyridine rings is 1. The molecule has 1 saturated heterocycles. The number of allylic oxidation sites excluding steroid dienone is 1. The second-order valence-corrected chi connectivity index (χ2v) is 8.03. The number of benzene rings is 1. The third-order valence-corrected chi connectivity index (χ3v) is 6.40. The number of fused-ring (bicyclic) bond motifs is 1. The van der Waals surface area contributed by atoms with Gasteiger partial charge in [0.1, 0.15) is 6.10 Å². The Balaban J connectivity index is 1.54. The molecular formula is C24H24N2O2. The number of carbonyl (C=O) groups excluding carboxylic acids is 1. The first kappa shape index (κ1) is 18.4. The van der Waals surface area contributed by atoms with Gasteiger partial charge < -0.3 is 4.74 Å². The summed E-state index contributed by atoms with van der Waals surface area (Å²) in [6.45, 7) is 4.52. The number of rotatable bonds is 3. The van der Waals surface area contributed by atoms with Crippen molar-refractivity contribution >= 4 is 12.0 Å². The van der Waals surface area contributed by atoms with Crippen molar-refractivity contribution in [3.05, 3.63) is 59.9 Å². The van der Waals surface area contributed by atoms with E-state index in [1.807, 2.05) is 42.6 Å². The highest BCUT2D eigenvalue weighted by molar-refractivity contribution is 5.72. The van der Waals surface area contributed by atoms with Gasteiger partial charge in [-0.1, -0.05) is 44.2 Å². The summed E-state index contributed by atoms with van der Waals surface area (Å²) < 4.78 is 5.54. The number of ether oxygens (including phenoxy) is 1. The zero-order chi connectivity index (χ0) is 19.7. The first-order valence-electron chi connectivity index (χ1n) is 9.90. The van der Waals surface area contributed by atoms with Crippen molar-refractivity contribution in [3.8, 4) is 17.2 Å². The molecule has 4 nitrogen and oxygen atoms in total. The molecule has 2 fully saturated rings. The average molecular weight is 372 g/mol. The topological polar surface area (TPSA) is 63.0 Å². The molecule has 5 atom stereocenters. The monoisotopic (exact) mass is 372 g/mol. The molecular weight excluding hydrogens is 348 g/mol. The van der Waals surface area contributed by atoms with Crippen LogP contribution < -0.4 is 0 Å². The van der Waals surface area contributed by atoms with E-state index in [0.29, 0.717) is 29.7 Å². The maximum absolute atomic E-state index is 11.8. The minimum atomic E-state index is -0.0617. The molecule has 2 aromatic rings. The fourth-order valence-electron chi connectivity index (χ4n) is 4.61. The predicted octanol–water partition coefficient (Wildman–Crippen LogP) is 4.86. The SMILES string of the molecule is C[C@H]1[C@H](/C=C/c2ccc(-c3ccccc3C#N)cn2)[C@H]2CC(=O)O[C@H]2C[C@@H]1C. The lowest BCUT2D eigenvalue weighted by Crippen LogP contribution is -2.38. The van der Waals surface area contributed by atoms with Crippen LogP contribution in [0, 0.1) is 35.0 Å². The van der Waals surface area contributed by atoms with Crippen molar-refractivity contribution in [1.29, 1.82) is 5.26 Å². The first-order chi connectivity index (χ1) is 13.6. The Bertz CT molecular complexity index is 942. The summed E-state index contributed by atoms with van der Waals surface area (Å²) in [6, 6.07) is 13.8. The van der Waals surface area contributed by atoms with Gasteiger partial charge >= 0.3 is 5.97 Å². The van der Waals surface area contributed by atoms with Crippen LogP contribution in [0.15, 0.2) is 48.7 Å². The second kappa shape index (κ2) is 7.59. The standard InChI is InChI=1S/C24H24N2O2/c1-15-11-23-22(12-24(27)28-23)20(16(15)2)10-9-19-8-7-18(14-26-19)21-6-4-3-5-17(21)13-25/h3-10,14-16,20,22-23H,11-12H2,1-2H3/b10-9+/t15-,16+,20-,22+,23-/m0/s1. The highest BCUT2D eigenvalue weighted by Crippen LogP contribution is 2.45. The van der Waals surface area contributed by atoms with Crippen molar-refractivity contribution in [2.24, 2.45) is 23.7 Å². The first-order valence-corrected chi connectivity index (χ1v) is 9.90. The summed E-state index contributed by atoms with van der Waals surface area (Å²) in [5.41, 5.74) is 3.36. The van der Waals surface area contributed by atoms with Gasteiger partial charge in [-0.2, -0.15) is 5.26 Å². The van der Waals surface area contributed by atoms with E-state index in [2.05, 4.69) is 37.1 Å². The molecule has 1 aromatic carbocycles. The van der Waals surface area contributed by atoms with Crippen molar-refractivity contribution in [1.82, 2.24) is 4.98 Å². The molecule has 0 bridgehead atoms. The number of carbonyl (C=O) groups is 1. The predicted molar refractivity (Wildman–Crippen MR) is 108 cm³/mol. The Labute approximate surface area is 165 Å². The van der Waals surface area contributed by atoms with E-state index in [-0.39, 0.29) is 18.0 Å². The zero-order valence-electron chi connectivity index (χ0n) is 16.2. The quantitative estimate of drug-likeness (QED) is 0.722. The third kappa shape index (κ3) is 3.45. The molecule has 4 heteroatoms. The Morgan fingerprint density at radius 3 is 2.79 bits per heavy atom. The van der Waals surface area contributed by atoms with Gasteiger partial charge in [0.15, 0.2) is 0 Å². The minimum absolute atomic E-state index is 0.0613. The van der Waals surface area contributed by atoms with Gasteiger partial charge in [-0.05, 0) is 42.4 Å². The van der Waals surface area contributed by atoms with Crippen molar-refractivity contribution in [2.75, 3.05) is 0 Å². The molecule has 1 aromatic heterocycles. The molecule has 0 radical (unpaired) electrons. The lowest BCUT2D eigenvalue weighted by molar-refractivity contribution is -0.142. The highest BCUT2D eigenvalue weighted by Gasteiger charge is 2.46. The fraction of sp³-hybridized carbons (Fsp3) is 0.375. The van der Waals surface area contributed by atoms with E-state index < -0.39 is 0 Å². The smallest absolute Gasteiger partial charge is 0.306 e. The van der Waals surface area contributed by atoms with E-state index in [0.717, 1.165) is 23.2 Å². The molecule has 0 spiro atoms. The van der Waals surface area contributed by atoms with E-state index in [1.165, 1.54) is 0 Å². The van der Waals surface area contributed by atoms with Crippen LogP contribution in [0.3, 0.4) is 0 Å². The summed E-state index contributed by atoms with van der Waals surface area (Å²) >= 11 is 0. The molecule has 2 heterocycles. The number of nitriles is 1. The molecule has 0 unspecified atom stereocenters. The lowest BCUT2D eigenvalue weighted by atomic mass is 9.66. The normalized spacial score (nSPS) is 29.3. The Morgan fingerprint density at radius 1 is 1.21 bits per heavy atom. The maximum atomic E-state index is 11.8. The van der Waals surface area contributed by atoms with Crippen LogP contribution in [-0.4, -0.2) is 17.1 Å². The van der Waals surface area contributed by atoms with Crippen LogP contribution >= 0.6 is 0 Å². The number of hydrogen-bond acceptors (Lipinski definition) is 4. The summed E-state index contributed by atoms with van der Waals surface area (Å²) in [6.07, 6.45) is 7.63. The number of nitrogens with zero attached hydrogens (tertiary/aromatic N) is 2. The molecule has 0 amide bonds. The fourth-order valence-corrected chi connectivity index (χ4v) is 4.61. The number of esters is 1. The van der Waals surface area contributed by atoms with Crippen LogP contribution in [-0.2, 0) is 9.53 Å². The van der Waals surface area contributed by atoms with E-state index in [1.54, 1.807) is 0 Å². The van der Waals surface area contributed by atoms with Crippen LogP contribution in [0.25, 0.3) is 17.2 Å². The minimum Gasteiger partial charge on any atom is -0.462 e. The van der Waals surface area contributed by atoms with E-state index >= 15 is 0 Å². The maximum Gasteiger partial charge on any atom is 0.306 e.